The third-order valence-corrected chi connectivity index (χ3v) is 7.17. The number of hydrogen-bond donors (Lipinski definition) is 7. The molecule has 1 saturated heterocycles. The maximum absolute atomic E-state index is 12.7. The number of amides is 2. The zero-order chi connectivity index (χ0) is 29.2. The van der Waals surface area contributed by atoms with Crippen molar-refractivity contribution in [3.05, 3.63) is 0 Å². The summed E-state index contributed by atoms with van der Waals surface area (Å²) in [7, 11) is 0. The van der Waals surface area contributed by atoms with Crippen LogP contribution in [-0.2, 0) is 19.1 Å². The molecule has 11 heteroatoms. The molecule has 0 bridgehead atoms. The minimum absolute atomic E-state index is 0.113. The van der Waals surface area contributed by atoms with Gasteiger partial charge in [-0.25, -0.2) is 0 Å². The van der Waals surface area contributed by atoms with Crippen LogP contribution >= 0.6 is 0 Å². The van der Waals surface area contributed by atoms with Crippen molar-refractivity contribution in [1.82, 2.24) is 10.6 Å². The smallest absolute Gasteiger partial charge is 0.220 e. The Morgan fingerprint density at radius 3 is 2.05 bits per heavy atom. The van der Waals surface area contributed by atoms with E-state index >= 15 is 0 Å². The van der Waals surface area contributed by atoms with Gasteiger partial charge in [0.05, 0.1) is 18.8 Å². The molecule has 230 valence electrons. The number of carbonyl (C=O) groups excluding carboxylic acids is 2. The van der Waals surface area contributed by atoms with E-state index in [1.807, 2.05) is 0 Å². The van der Waals surface area contributed by atoms with E-state index in [-0.39, 0.29) is 31.4 Å². The molecule has 1 aliphatic heterocycles. The summed E-state index contributed by atoms with van der Waals surface area (Å²) in [4.78, 5) is 23.9. The fraction of sp³-hybridized carbons (Fsp3) is 0.929. The van der Waals surface area contributed by atoms with Crippen molar-refractivity contribution < 1.29 is 44.6 Å². The molecule has 0 spiro atoms. The van der Waals surface area contributed by atoms with E-state index in [4.69, 9.17) is 9.47 Å². The fourth-order valence-electron chi connectivity index (χ4n) is 4.63. The Bertz CT molecular complexity index is 669. The van der Waals surface area contributed by atoms with Crippen molar-refractivity contribution in [3.63, 3.8) is 0 Å². The molecule has 39 heavy (non-hydrogen) atoms. The fourth-order valence-corrected chi connectivity index (χ4v) is 4.63. The number of unbranched alkanes of at least 4 members (excludes halogenated alkanes) is 9. The minimum atomic E-state index is -1.60. The van der Waals surface area contributed by atoms with E-state index in [0.717, 1.165) is 44.9 Å². The normalized spacial score (nSPS) is 25.6. The van der Waals surface area contributed by atoms with Gasteiger partial charge in [-0.05, 0) is 12.8 Å². The van der Waals surface area contributed by atoms with Crippen molar-refractivity contribution in [1.29, 1.82) is 0 Å². The maximum Gasteiger partial charge on any atom is 0.220 e. The summed E-state index contributed by atoms with van der Waals surface area (Å²) in [5.41, 5.74) is 0. The molecule has 0 saturated carbocycles. The van der Waals surface area contributed by atoms with Crippen molar-refractivity contribution in [2.24, 2.45) is 0 Å². The molecule has 0 aromatic carbocycles. The van der Waals surface area contributed by atoms with Crippen LogP contribution in [0.25, 0.3) is 0 Å². The average Bonchev–Trinajstić information content (AvgIpc) is 2.91. The molecule has 11 nitrogen and oxygen atoms in total. The van der Waals surface area contributed by atoms with E-state index in [1.165, 1.54) is 26.2 Å². The van der Waals surface area contributed by atoms with Crippen molar-refractivity contribution in [2.75, 3.05) is 13.2 Å². The first kappa shape index (κ1) is 35.7. The standard InChI is InChI=1S/C28H54N2O9/c1-4-6-8-10-11-12-14-16-23(33)30-20(24(34)21(32)15-13-9-7-5-2)18-38-28-27(37)26(36)25(35)22(39-28)17-29-19(3)31/h20-22,24-28,32,34-37H,4-18H2,1-3H3,(H,29,31)(H,30,33)/t20-,21+,22?,24-,25?,26?,27?,28?/m0/s1. The zero-order valence-electron chi connectivity index (χ0n) is 24.1. The SMILES string of the molecule is CCCCCCCCCC(=O)N[C@@H](COC1OC(CNC(C)=O)C(O)C(O)C1O)[C@H](O)[C@H](O)CCCCCC. The van der Waals surface area contributed by atoms with Gasteiger partial charge in [0.2, 0.25) is 11.8 Å². The highest BCUT2D eigenvalue weighted by Crippen LogP contribution is 2.23. The van der Waals surface area contributed by atoms with Crippen LogP contribution in [0.2, 0.25) is 0 Å². The summed E-state index contributed by atoms with van der Waals surface area (Å²) in [6.45, 7) is 5.12. The van der Waals surface area contributed by atoms with Crippen molar-refractivity contribution >= 4 is 11.8 Å². The Hall–Kier alpha value is -1.34. The van der Waals surface area contributed by atoms with Gasteiger partial charge in [-0.2, -0.15) is 0 Å². The Morgan fingerprint density at radius 2 is 1.44 bits per heavy atom. The number of rotatable bonds is 21. The van der Waals surface area contributed by atoms with E-state index in [0.29, 0.717) is 12.8 Å². The summed E-state index contributed by atoms with van der Waals surface area (Å²) < 4.78 is 11.3. The van der Waals surface area contributed by atoms with Gasteiger partial charge in [0, 0.05) is 19.9 Å². The van der Waals surface area contributed by atoms with Crippen LogP contribution in [0.5, 0.6) is 0 Å². The Kier molecular flexibility index (Phi) is 18.8. The van der Waals surface area contributed by atoms with Crippen LogP contribution in [-0.4, -0.2) is 99.5 Å². The molecule has 2 amide bonds. The lowest BCUT2D eigenvalue weighted by molar-refractivity contribution is -0.297. The molecule has 8 atom stereocenters. The first-order valence-corrected chi connectivity index (χ1v) is 14.8. The lowest BCUT2D eigenvalue weighted by Gasteiger charge is -2.41. The summed E-state index contributed by atoms with van der Waals surface area (Å²) in [6, 6.07) is -0.989. The minimum Gasteiger partial charge on any atom is -0.390 e. The molecule has 5 unspecified atom stereocenters. The van der Waals surface area contributed by atoms with Crippen molar-refractivity contribution in [2.45, 2.75) is 153 Å². The molecule has 0 radical (unpaired) electrons. The predicted molar refractivity (Wildman–Crippen MR) is 147 cm³/mol. The molecule has 0 aromatic rings. The summed E-state index contributed by atoms with van der Waals surface area (Å²) in [5, 5.41) is 57.6. The van der Waals surface area contributed by atoms with Gasteiger partial charge in [0.15, 0.2) is 6.29 Å². The number of hydrogen-bond acceptors (Lipinski definition) is 9. The monoisotopic (exact) mass is 562 g/mol. The largest absolute Gasteiger partial charge is 0.390 e. The third-order valence-electron chi connectivity index (χ3n) is 7.17. The third kappa shape index (κ3) is 14.2. The van der Waals surface area contributed by atoms with Gasteiger partial charge in [-0.15, -0.1) is 0 Å². The number of carbonyl (C=O) groups is 2. The van der Waals surface area contributed by atoms with Crippen LogP contribution in [0.4, 0.5) is 0 Å². The summed E-state index contributed by atoms with van der Waals surface area (Å²) >= 11 is 0. The molecule has 7 N–H and O–H groups in total. The lowest BCUT2D eigenvalue weighted by Crippen LogP contribution is -2.61. The number of aliphatic hydroxyl groups excluding tert-OH is 5. The molecule has 1 aliphatic rings. The second-order valence-corrected chi connectivity index (χ2v) is 10.7. The maximum atomic E-state index is 12.7. The molecule has 1 rings (SSSR count). The number of ether oxygens (including phenoxy) is 2. The van der Waals surface area contributed by atoms with Gasteiger partial charge in [0.25, 0.3) is 0 Å². The summed E-state index contributed by atoms with van der Waals surface area (Å²) in [5.74, 6) is -0.637. The topological polar surface area (TPSA) is 178 Å². The van der Waals surface area contributed by atoms with Gasteiger partial charge in [-0.3, -0.25) is 9.59 Å². The van der Waals surface area contributed by atoms with E-state index in [2.05, 4.69) is 24.5 Å². The number of aliphatic hydroxyl groups is 5. The Morgan fingerprint density at radius 1 is 0.846 bits per heavy atom. The predicted octanol–water partition coefficient (Wildman–Crippen LogP) is 1.26. The van der Waals surface area contributed by atoms with Gasteiger partial charge in [-0.1, -0.05) is 78.1 Å². The lowest BCUT2D eigenvalue weighted by atomic mass is 9.98. The highest BCUT2D eigenvalue weighted by Gasteiger charge is 2.44. The first-order valence-electron chi connectivity index (χ1n) is 14.8. The van der Waals surface area contributed by atoms with Crippen molar-refractivity contribution in [3.8, 4) is 0 Å². The summed E-state index contributed by atoms with van der Waals surface area (Å²) in [6.07, 6.45) is 2.26. The van der Waals surface area contributed by atoms with Gasteiger partial charge in [0.1, 0.15) is 30.5 Å². The van der Waals surface area contributed by atoms with E-state index in [1.54, 1.807) is 0 Å². The van der Waals surface area contributed by atoms with Crippen LogP contribution in [0.15, 0.2) is 0 Å². The van der Waals surface area contributed by atoms with Gasteiger partial charge < -0.3 is 45.6 Å². The Balaban J connectivity index is 2.75. The molecule has 1 fully saturated rings. The van der Waals surface area contributed by atoms with E-state index < -0.39 is 49.0 Å². The highest BCUT2D eigenvalue weighted by atomic mass is 16.7. The first-order chi connectivity index (χ1) is 18.6. The zero-order valence-corrected chi connectivity index (χ0v) is 24.1. The highest BCUT2D eigenvalue weighted by molar-refractivity contribution is 5.76. The average molecular weight is 563 g/mol. The molecular weight excluding hydrogens is 508 g/mol. The molecule has 0 aromatic heterocycles. The quantitative estimate of drug-likeness (QED) is 0.101. The molecule has 0 aliphatic carbocycles. The second-order valence-electron chi connectivity index (χ2n) is 10.7. The van der Waals surface area contributed by atoms with Crippen LogP contribution in [0, 0.1) is 0 Å². The number of nitrogens with one attached hydrogen (secondary N) is 2. The molecular formula is C28H54N2O9. The second kappa shape index (κ2) is 20.5. The van der Waals surface area contributed by atoms with Crippen LogP contribution in [0.3, 0.4) is 0 Å². The van der Waals surface area contributed by atoms with E-state index in [9.17, 15) is 35.1 Å². The van der Waals surface area contributed by atoms with Crippen LogP contribution in [0.1, 0.15) is 104 Å². The van der Waals surface area contributed by atoms with Crippen LogP contribution < -0.4 is 10.6 Å². The van der Waals surface area contributed by atoms with Gasteiger partial charge >= 0.3 is 0 Å². The molecule has 1 heterocycles. The Labute approximate surface area is 233 Å².